The van der Waals surface area contributed by atoms with Crippen LogP contribution in [0.25, 0.3) is 0 Å². The van der Waals surface area contributed by atoms with Crippen molar-refractivity contribution in [3.8, 4) is 5.75 Å². The van der Waals surface area contributed by atoms with Crippen LogP contribution in [0.5, 0.6) is 5.75 Å². The van der Waals surface area contributed by atoms with E-state index in [0.29, 0.717) is 5.75 Å². The first-order valence-electron chi connectivity index (χ1n) is 6.65. The molecule has 1 aromatic carbocycles. The summed E-state index contributed by atoms with van der Waals surface area (Å²) in [6.07, 6.45) is 1.37. The zero-order valence-corrected chi connectivity index (χ0v) is 14.2. The molecule has 0 saturated carbocycles. The lowest BCUT2D eigenvalue weighted by Crippen LogP contribution is -2.31. The number of ether oxygens (including phenoxy) is 1. The van der Waals surface area contributed by atoms with Crippen molar-refractivity contribution < 1.29 is 13.2 Å². The number of hydrogen-bond donors (Lipinski definition) is 0. The van der Waals surface area contributed by atoms with Crippen LogP contribution in [0.2, 0.25) is 5.15 Å². The van der Waals surface area contributed by atoms with E-state index in [2.05, 4.69) is 4.98 Å². The van der Waals surface area contributed by atoms with Gasteiger partial charge in [-0.1, -0.05) is 29.3 Å². The van der Waals surface area contributed by atoms with Gasteiger partial charge in [-0.15, -0.1) is 0 Å². The van der Waals surface area contributed by atoms with E-state index in [0.717, 1.165) is 5.56 Å². The van der Waals surface area contributed by atoms with Gasteiger partial charge in [-0.25, -0.2) is 13.4 Å². The number of aromatic nitrogens is 2. The highest BCUT2D eigenvalue weighted by molar-refractivity contribution is 7.89. The maximum atomic E-state index is 12.4. The molecule has 0 aliphatic carbocycles. The third-order valence-electron chi connectivity index (χ3n) is 3.18. The van der Waals surface area contributed by atoms with Crippen LogP contribution in [0.15, 0.2) is 35.6 Å². The molecule has 6 nitrogen and oxygen atoms in total. The Morgan fingerprint density at radius 1 is 1.32 bits per heavy atom. The normalized spacial score (nSPS) is 11.9. The average Bonchev–Trinajstić information content (AvgIpc) is 2.81. The molecule has 22 heavy (non-hydrogen) atoms. The van der Waals surface area contributed by atoms with Gasteiger partial charge in [0.15, 0.2) is 0 Å². The minimum absolute atomic E-state index is 0.0892. The van der Waals surface area contributed by atoms with Gasteiger partial charge in [-0.3, -0.25) is 0 Å². The molecule has 0 fully saturated rings. The summed E-state index contributed by atoms with van der Waals surface area (Å²) in [4.78, 5) is 3.84. The maximum absolute atomic E-state index is 12.4. The minimum atomic E-state index is -3.72. The van der Waals surface area contributed by atoms with Crippen LogP contribution in [0.1, 0.15) is 5.56 Å². The van der Waals surface area contributed by atoms with Crippen LogP contribution >= 0.6 is 11.6 Å². The number of imidazole rings is 1. The van der Waals surface area contributed by atoms with Gasteiger partial charge in [-0.2, -0.15) is 4.31 Å². The number of sulfonamides is 1. The summed E-state index contributed by atoms with van der Waals surface area (Å²) < 4.78 is 32.9. The van der Waals surface area contributed by atoms with Gasteiger partial charge in [0.1, 0.15) is 17.5 Å². The predicted molar refractivity (Wildman–Crippen MR) is 84.7 cm³/mol. The first kappa shape index (κ1) is 16.8. The SMILES string of the molecule is Cc1ccc(OCCN(C)S(=O)(=O)c2ncn(C)c2Cl)cc1. The first-order chi connectivity index (χ1) is 10.3. The van der Waals surface area contributed by atoms with Crippen molar-refractivity contribution in [2.45, 2.75) is 11.9 Å². The van der Waals surface area contributed by atoms with Gasteiger partial charge in [-0.05, 0) is 19.1 Å². The van der Waals surface area contributed by atoms with Gasteiger partial charge < -0.3 is 9.30 Å². The lowest BCUT2D eigenvalue weighted by molar-refractivity contribution is 0.286. The molecular weight excluding hydrogens is 326 g/mol. The Labute approximate surface area is 135 Å². The summed E-state index contributed by atoms with van der Waals surface area (Å²) in [6, 6.07) is 7.56. The molecule has 120 valence electrons. The van der Waals surface area contributed by atoms with E-state index >= 15 is 0 Å². The summed E-state index contributed by atoms with van der Waals surface area (Å²) in [5.74, 6) is 0.701. The Bertz CT molecular complexity index is 741. The Kier molecular flexibility index (Phi) is 5.10. The number of benzene rings is 1. The number of hydrogen-bond acceptors (Lipinski definition) is 4. The lowest BCUT2D eigenvalue weighted by atomic mass is 10.2. The predicted octanol–water partition coefficient (Wildman–Crippen LogP) is 2.08. The molecule has 8 heteroatoms. The van der Waals surface area contributed by atoms with E-state index < -0.39 is 10.0 Å². The Hall–Kier alpha value is -1.57. The summed E-state index contributed by atoms with van der Waals surface area (Å²) >= 11 is 5.95. The van der Waals surface area contributed by atoms with Gasteiger partial charge in [0.25, 0.3) is 10.0 Å². The van der Waals surface area contributed by atoms with Crippen molar-refractivity contribution in [1.82, 2.24) is 13.9 Å². The van der Waals surface area contributed by atoms with Crippen LogP contribution in [0, 0.1) is 6.92 Å². The van der Waals surface area contributed by atoms with E-state index in [9.17, 15) is 8.42 Å². The molecule has 0 bridgehead atoms. The van der Waals surface area contributed by atoms with E-state index in [1.54, 1.807) is 7.05 Å². The summed E-state index contributed by atoms with van der Waals surface area (Å²) in [7, 11) is -0.616. The van der Waals surface area contributed by atoms with E-state index in [4.69, 9.17) is 16.3 Å². The summed E-state index contributed by atoms with van der Waals surface area (Å²) in [5, 5.41) is -0.0548. The Morgan fingerprint density at radius 3 is 2.50 bits per heavy atom. The molecule has 1 heterocycles. The molecule has 2 aromatic rings. The standard InChI is InChI=1S/C14H18ClN3O3S/c1-11-4-6-12(7-5-11)21-9-8-18(3)22(19,20)14-13(15)17(2)10-16-14/h4-7,10H,8-9H2,1-3H3. The molecule has 0 saturated heterocycles. The highest BCUT2D eigenvalue weighted by atomic mass is 35.5. The van der Waals surface area contributed by atoms with Gasteiger partial charge >= 0.3 is 0 Å². The van der Waals surface area contributed by atoms with Crippen LogP contribution in [0.4, 0.5) is 0 Å². The zero-order valence-electron chi connectivity index (χ0n) is 12.7. The molecule has 2 rings (SSSR count). The molecule has 0 N–H and O–H groups in total. The van der Waals surface area contributed by atoms with Crippen LogP contribution in [-0.2, 0) is 17.1 Å². The average molecular weight is 344 g/mol. The van der Waals surface area contributed by atoms with Crippen molar-refractivity contribution in [2.75, 3.05) is 20.2 Å². The lowest BCUT2D eigenvalue weighted by Gasteiger charge is -2.16. The largest absolute Gasteiger partial charge is 0.492 e. The number of rotatable bonds is 6. The van der Waals surface area contributed by atoms with Crippen LogP contribution in [-0.4, -0.2) is 42.5 Å². The second-order valence-electron chi connectivity index (χ2n) is 4.94. The number of nitrogens with zero attached hydrogens (tertiary/aromatic N) is 3. The quantitative estimate of drug-likeness (QED) is 0.805. The first-order valence-corrected chi connectivity index (χ1v) is 8.47. The third kappa shape index (κ3) is 3.60. The van der Waals surface area contributed by atoms with Crippen LogP contribution < -0.4 is 4.74 Å². The molecule has 0 aliphatic heterocycles. The fourth-order valence-corrected chi connectivity index (χ4v) is 3.29. The van der Waals surface area contributed by atoms with Gasteiger partial charge in [0, 0.05) is 20.6 Å². The zero-order chi connectivity index (χ0) is 16.3. The second-order valence-corrected chi connectivity index (χ2v) is 7.26. The maximum Gasteiger partial charge on any atom is 0.263 e. The van der Waals surface area contributed by atoms with Crippen molar-refractivity contribution in [3.05, 3.63) is 41.3 Å². The molecule has 0 atom stereocenters. The molecule has 0 unspecified atom stereocenters. The van der Waals surface area contributed by atoms with Crippen molar-refractivity contribution in [2.24, 2.45) is 7.05 Å². The van der Waals surface area contributed by atoms with E-state index in [1.165, 1.54) is 22.2 Å². The third-order valence-corrected chi connectivity index (χ3v) is 5.53. The summed E-state index contributed by atoms with van der Waals surface area (Å²) in [5.41, 5.74) is 1.14. The topological polar surface area (TPSA) is 64.4 Å². The highest BCUT2D eigenvalue weighted by Gasteiger charge is 2.27. The number of halogens is 1. The fraction of sp³-hybridized carbons (Fsp3) is 0.357. The Balaban J connectivity index is 1.98. The highest BCUT2D eigenvalue weighted by Crippen LogP contribution is 2.21. The fourth-order valence-electron chi connectivity index (χ4n) is 1.76. The van der Waals surface area contributed by atoms with Crippen molar-refractivity contribution >= 4 is 21.6 Å². The molecule has 0 spiro atoms. The molecular formula is C14H18ClN3O3S. The number of aryl methyl sites for hydroxylation is 2. The molecule has 0 radical (unpaired) electrons. The second kappa shape index (κ2) is 6.68. The molecule has 0 aliphatic rings. The Morgan fingerprint density at radius 2 is 1.95 bits per heavy atom. The van der Waals surface area contributed by atoms with Crippen molar-refractivity contribution in [3.63, 3.8) is 0 Å². The minimum Gasteiger partial charge on any atom is -0.492 e. The van der Waals surface area contributed by atoms with Crippen LogP contribution in [0.3, 0.4) is 0 Å². The van der Waals surface area contributed by atoms with Gasteiger partial charge in [0.2, 0.25) is 5.03 Å². The smallest absolute Gasteiger partial charge is 0.263 e. The number of likely N-dealkylation sites (N-methyl/N-ethyl adjacent to an activating group) is 1. The van der Waals surface area contributed by atoms with E-state index in [-0.39, 0.29) is 23.3 Å². The van der Waals surface area contributed by atoms with Crippen molar-refractivity contribution in [1.29, 1.82) is 0 Å². The van der Waals surface area contributed by atoms with E-state index in [1.807, 2.05) is 31.2 Å². The monoisotopic (exact) mass is 343 g/mol. The molecule has 0 amide bonds. The van der Waals surface area contributed by atoms with Gasteiger partial charge in [0.05, 0.1) is 6.33 Å². The molecule has 1 aromatic heterocycles. The summed E-state index contributed by atoms with van der Waals surface area (Å²) in [6.45, 7) is 2.42.